The summed E-state index contributed by atoms with van der Waals surface area (Å²) < 4.78 is 30.9. The average Bonchev–Trinajstić information content (AvgIpc) is 4.03. The Hall–Kier alpha value is -4.92. The molecule has 5 N–H and O–H groups in total. The molecule has 0 spiro atoms. The molecule has 0 aliphatic carbocycles. The second kappa shape index (κ2) is 37.0. The van der Waals surface area contributed by atoms with Crippen molar-refractivity contribution in [1.82, 2.24) is 35.8 Å². The van der Waals surface area contributed by atoms with Gasteiger partial charge in [0.2, 0.25) is 0 Å². The molecule has 0 aliphatic heterocycles. The van der Waals surface area contributed by atoms with Gasteiger partial charge >= 0.3 is 11.3 Å². The van der Waals surface area contributed by atoms with Crippen molar-refractivity contribution in [1.29, 1.82) is 0 Å². The number of unbranched alkanes of at least 4 members (excludes halogenated alkanes) is 27. The van der Waals surface area contributed by atoms with E-state index in [1.165, 1.54) is 141 Å². The third-order valence-electron chi connectivity index (χ3n) is 14.2. The zero-order chi connectivity index (χ0) is 54.8. The smallest absolute Gasteiger partial charge is 0.316 e. The number of carbonyl (C=O) groups excluding carboxylic acids is 3. The number of anilines is 1. The van der Waals surface area contributed by atoms with E-state index in [2.05, 4.69) is 77.5 Å². The number of rotatable bonds is 43. The summed E-state index contributed by atoms with van der Waals surface area (Å²) in [4.78, 5) is 41.4. The average molecular weight is 1070 g/mol. The Labute approximate surface area is 460 Å². The predicted octanol–water partition coefficient (Wildman–Crippen LogP) is 15.5. The van der Waals surface area contributed by atoms with Crippen LogP contribution >= 0.6 is 0 Å². The van der Waals surface area contributed by atoms with Gasteiger partial charge in [0, 0.05) is 35.8 Å². The fourth-order valence-corrected chi connectivity index (χ4v) is 10.1. The highest BCUT2D eigenvalue weighted by molar-refractivity contribution is 7.82. The highest BCUT2D eigenvalue weighted by atomic mass is 32.2. The summed E-state index contributed by atoms with van der Waals surface area (Å²) in [5, 5.41) is 21.2. The molecular weight excluding hydrogens is 973 g/mol. The number of nitrogens with zero attached hydrogens (tertiary/aromatic N) is 3. The maximum atomic E-state index is 14.3. The van der Waals surface area contributed by atoms with E-state index in [1.54, 1.807) is 34.8 Å². The van der Waals surface area contributed by atoms with Gasteiger partial charge in [-0.1, -0.05) is 215 Å². The Morgan fingerprint density at radius 2 is 1.08 bits per heavy atom. The third kappa shape index (κ3) is 24.2. The molecule has 2 unspecified atom stereocenters. The van der Waals surface area contributed by atoms with Crippen molar-refractivity contribution in [3.63, 3.8) is 0 Å². The van der Waals surface area contributed by atoms with E-state index in [1.807, 2.05) is 13.0 Å². The molecule has 2 heterocycles. The predicted molar refractivity (Wildman–Crippen MR) is 313 cm³/mol. The summed E-state index contributed by atoms with van der Waals surface area (Å²) in [6.45, 7) is 16.3. The summed E-state index contributed by atoms with van der Waals surface area (Å²) in [6, 6.07) is 11.0. The number of benzene rings is 2. The summed E-state index contributed by atoms with van der Waals surface area (Å²) in [7, 11) is 0. The van der Waals surface area contributed by atoms with Crippen LogP contribution in [0.2, 0.25) is 0 Å². The van der Waals surface area contributed by atoms with Gasteiger partial charge in [-0.3, -0.25) is 24.2 Å². The topological polar surface area (TPSA) is 181 Å². The van der Waals surface area contributed by atoms with Crippen LogP contribution in [0, 0.1) is 0 Å². The van der Waals surface area contributed by atoms with Crippen LogP contribution in [0.3, 0.4) is 0 Å². The zero-order valence-electron chi connectivity index (χ0n) is 48.2. The Morgan fingerprint density at radius 1 is 0.579 bits per heavy atom. The maximum absolute atomic E-state index is 14.3. The fraction of sp³-hybridized carbons (Fsp3) is 0.689. The zero-order valence-corrected chi connectivity index (χ0v) is 49.0. The van der Waals surface area contributed by atoms with Gasteiger partial charge in [-0.2, -0.15) is 4.21 Å². The molecule has 2 atom stereocenters. The van der Waals surface area contributed by atoms with E-state index in [-0.39, 0.29) is 34.1 Å². The van der Waals surface area contributed by atoms with Crippen LogP contribution in [-0.4, -0.2) is 61.4 Å². The van der Waals surface area contributed by atoms with Crippen molar-refractivity contribution in [2.45, 2.75) is 253 Å². The van der Waals surface area contributed by atoms with Crippen LogP contribution in [0.4, 0.5) is 5.69 Å². The lowest BCUT2D eigenvalue weighted by Crippen LogP contribution is -2.29. The van der Waals surface area contributed by atoms with Crippen molar-refractivity contribution in [2.75, 3.05) is 24.4 Å². The second-order valence-corrected chi connectivity index (χ2v) is 23.0. The first-order valence-electron chi connectivity index (χ1n) is 30.0. The molecule has 4 rings (SSSR count). The summed E-state index contributed by atoms with van der Waals surface area (Å²) in [6.07, 6.45) is 35.8. The van der Waals surface area contributed by atoms with Gasteiger partial charge < -0.3 is 24.9 Å². The lowest BCUT2D eigenvalue weighted by atomic mass is 9.93. The quantitative estimate of drug-likeness (QED) is 0.0272. The highest BCUT2D eigenvalue weighted by Crippen LogP contribution is 2.28. The number of carbonyl (C=O) groups is 3. The Kier molecular flexibility index (Phi) is 31.0. The molecule has 426 valence electrons. The molecule has 0 aliphatic rings. The molecule has 76 heavy (non-hydrogen) atoms. The van der Waals surface area contributed by atoms with E-state index in [9.17, 15) is 18.6 Å². The molecule has 0 fully saturated rings. The van der Waals surface area contributed by atoms with Crippen molar-refractivity contribution in [3.05, 3.63) is 70.7 Å². The SMILES string of the molecule is CCCCCCCCCCCCNC(=O)c1ccc(C(=O)NCCCCCCCCCCCC)c(OS(=O)Nc2ccc(OCCCCCCCCCCCC)c(C(=O)NC(C)c3nnc4cc(C(C)(C)C)[nH]n34)c2)c1. The number of nitrogens with one attached hydrogen (secondary N) is 5. The first kappa shape index (κ1) is 63.6. The minimum atomic E-state index is -2.26. The number of amides is 3. The highest BCUT2D eigenvalue weighted by Gasteiger charge is 2.25. The van der Waals surface area contributed by atoms with E-state index in [4.69, 9.17) is 8.92 Å². The minimum Gasteiger partial charge on any atom is -0.493 e. The molecule has 2 aromatic heterocycles. The van der Waals surface area contributed by atoms with Gasteiger partial charge in [0.15, 0.2) is 17.2 Å². The first-order valence-corrected chi connectivity index (χ1v) is 31.0. The van der Waals surface area contributed by atoms with Crippen LogP contribution in [-0.2, 0) is 16.7 Å². The lowest BCUT2D eigenvalue weighted by Gasteiger charge is -2.17. The molecule has 3 amide bonds. The van der Waals surface area contributed by atoms with Crippen LogP contribution in [0.25, 0.3) is 5.65 Å². The molecule has 4 aromatic rings. The number of aromatic nitrogens is 4. The summed E-state index contributed by atoms with van der Waals surface area (Å²) in [5.41, 5.74) is 2.51. The van der Waals surface area contributed by atoms with Crippen molar-refractivity contribution in [2.24, 2.45) is 0 Å². The van der Waals surface area contributed by atoms with Gasteiger partial charge in [-0.15, -0.1) is 10.2 Å². The fourth-order valence-electron chi connectivity index (χ4n) is 9.42. The molecule has 2 aromatic carbocycles. The Morgan fingerprint density at radius 3 is 1.61 bits per heavy atom. The second-order valence-electron chi connectivity index (χ2n) is 22.1. The number of hydrogen-bond donors (Lipinski definition) is 5. The van der Waals surface area contributed by atoms with Gasteiger partial charge in [-0.25, -0.2) is 4.52 Å². The monoisotopic (exact) mass is 1070 g/mol. The Balaban J connectivity index is 1.45. The molecule has 0 saturated carbocycles. The molecule has 14 nitrogen and oxygen atoms in total. The lowest BCUT2D eigenvalue weighted by molar-refractivity contribution is 0.0929. The van der Waals surface area contributed by atoms with E-state index in [0.29, 0.717) is 48.2 Å². The Bertz CT molecular complexity index is 2290. The maximum Gasteiger partial charge on any atom is 0.316 e. The number of H-pyrrole nitrogens is 1. The van der Waals surface area contributed by atoms with Crippen molar-refractivity contribution in [3.8, 4) is 11.5 Å². The standard InChI is InChI=1S/C61H100N8O6S/c1-8-11-14-17-20-23-26-29-32-35-42-62-58(70)49-38-40-51(59(71)63-43-36-33-30-27-24-21-18-15-12-9-2)54(45-49)75-76(73)68-50-39-41-53(74-44-37-34-31-28-25-22-19-16-13-10-3)52(46-50)60(72)64-48(4)57-66-65-56-47-55(61(5,6)7)67-69(56)57/h38-41,45-48,67-68H,8-37,42-44H2,1-7H3,(H,62,70)(H,63,71)(H,64,72). The normalized spacial score (nSPS) is 12.4. The number of fused-ring (bicyclic) bond motifs is 1. The number of aromatic amines is 1. The molecule has 0 saturated heterocycles. The van der Waals surface area contributed by atoms with Crippen LogP contribution in [0.5, 0.6) is 11.5 Å². The van der Waals surface area contributed by atoms with Crippen LogP contribution in [0.1, 0.15) is 290 Å². The van der Waals surface area contributed by atoms with Crippen molar-refractivity contribution >= 4 is 40.3 Å². The third-order valence-corrected chi connectivity index (χ3v) is 15.0. The van der Waals surface area contributed by atoms with Crippen LogP contribution < -0.4 is 29.6 Å². The van der Waals surface area contributed by atoms with Gasteiger partial charge in [0.1, 0.15) is 5.75 Å². The largest absolute Gasteiger partial charge is 0.493 e. The summed E-state index contributed by atoms with van der Waals surface area (Å²) >= 11 is -2.26. The van der Waals surface area contributed by atoms with Gasteiger partial charge in [0.05, 0.1) is 29.5 Å². The number of ether oxygens (including phenoxy) is 1. The molecular formula is C61H100N8O6S. The van der Waals surface area contributed by atoms with Crippen molar-refractivity contribution < 1.29 is 27.5 Å². The molecule has 0 radical (unpaired) electrons. The molecule has 0 bridgehead atoms. The number of hydrogen-bond acceptors (Lipinski definition) is 8. The molecule has 15 heteroatoms. The van der Waals surface area contributed by atoms with E-state index >= 15 is 0 Å². The van der Waals surface area contributed by atoms with Gasteiger partial charge in [-0.05, 0) is 62.6 Å². The minimum absolute atomic E-state index is 0.000197. The first-order chi connectivity index (χ1) is 36.9. The van der Waals surface area contributed by atoms with Crippen LogP contribution in [0.15, 0.2) is 42.5 Å². The van der Waals surface area contributed by atoms with E-state index in [0.717, 1.165) is 63.5 Å². The van der Waals surface area contributed by atoms with Gasteiger partial charge in [0.25, 0.3) is 17.7 Å². The van der Waals surface area contributed by atoms with E-state index < -0.39 is 23.2 Å². The summed E-state index contributed by atoms with van der Waals surface area (Å²) in [5.74, 6) is -0.174.